The number of nitrogens with two attached hydrogens (primary N) is 1. The molecule has 8 heteroatoms. The van der Waals surface area contributed by atoms with E-state index in [1.807, 2.05) is 0 Å². The summed E-state index contributed by atoms with van der Waals surface area (Å²) < 4.78 is 45.8. The van der Waals surface area contributed by atoms with Gasteiger partial charge in [0.2, 0.25) is 10.0 Å². The van der Waals surface area contributed by atoms with E-state index < -0.39 is 16.6 Å². The molecule has 0 aliphatic rings. The summed E-state index contributed by atoms with van der Waals surface area (Å²) in [5.74, 6) is 0. The molecule has 0 aliphatic carbocycles. The second-order valence-electron chi connectivity index (χ2n) is 2.38. The van der Waals surface area contributed by atoms with Crippen LogP contribution >= 0.6 is 0 Å². The van der Waals surface area contributed by atoms with Gasteiger partial charge in [-0.3, -0.25) is 0 Å². The number of sulfonamides is 1. The number of rotatable bonds is 2. The summed E-state index contributed by atoms with van der Waals surface area (Å²) in [5.41, 5.74) is -0.0391. The molecule has 74 valence electrons. The lowest BCUT2D eigenvalue weighted by atomic mass is 10.5. The summed E-state index contributed by atoms with van der Waals surface area (Å²) in [6.07, 6.45) is 0.704. The van der Waals surface area contributed by atoms with E-state index in [9.17, 15) is 17.2 Å². The third kappa shape index (κ3) is 2.01. The highest BCUT2D eigenvalue weighted by molar-refractivity contribution is 7.89. The molecule has 0 aromatic carbocycles. The Hall–Kier alpha value is -1.02. The maximum atomic E-state index is 12.0. The Bertz CT molecular complexity index is 411. The molecule has 13 heavy (non-hydrogen) atoms. The Morgan fingerprint density at radius 3 is 2.38 bits per heavy atom. The second-order valence-corrected chi connectivity index (χ2v) is 3.91. The number of hydrogen-bond donors (Lipinski definition) is 1. The molecule has 0 spiro atoms. The van der Waals surface area contributed by atoms with Crippen LogP contribution in [0, 0.1) is 6.92 Å². The van der Waals surface area contributed by atoms with Gasteiger partial charge >= 0.3 is 6.55 Å². The zero-order chi connectivity index (χ0) is 10.2. The summed E-state index contributed by atoms with van der Waals surface area (Å²) in [5, 5.41) is 8.03. The van der Waals surface area contributed by atoms with Gasteiger partial charge in [-0.15, -0.1) is 0 Å². The van der Waals surface area contributed by atoms with Crippen molar-refractivity contribution in [1.82, 2.24) is 9.78 Å². The molecule has 0 unspecified atom stereocenters. The molecule has 0 saturated heterocycles. The first-order valence-electron chi connectivity index (χ1n) is 3.19. The van der Waals surface area contributed by atoms with E-state index in [2.05, 4.69) is 5.10 Å². The van der Waals surface area contributed by atoms with Gasteiger partial charge in [-0.25, -0.2) is 18.2 Å². The van der Waals surface area contributed by atoms with Crippen LogP contribution in [-0.2, 0) is 10.0 Å². The third-order valence-electron chi connectivity index (χ3n) is 1.38. The minimum absolute atomic E-state index is 0.0391. The predicted octanol–water partition coefficient (Wildman–Crippen LogP) is 0.234. The maximum absolute atomic E-state index is 12.0. The molecule has 2 N–H and O–H groups in total. The predicted molar refractivity (Wildman–Crippen MR) is 39.6 cm³/mol. The average Bonchev–Trinajstić information content (AvgIpc) is 2.29. The van der Waals surface area contributed by atoms with E-state index in [0.29, 0.717) is 6.20 Å². The summed E-state index contributed by atoms with van der Waals surface area (Å²) in [6.45, 7) is -1.58. The van der Waals surface area contributed by atoms with Crippen molar-refractivity contribution in [1.29, 1.82) is 0 Å². The first-order chi connectivity index (χ1) is 5.82. The van der Waals surface area contributed by atoms with Gasteiger partial charge in [-0.1, -0.05) is 0 Å². The lowest BCUT2D eigenvalue weighted by Crippen LogP contribution is -2.12. The normalized spacial score (nSPS) is 12.4. The molecule has 0 bridgehead atoms. The Labute approximate surface area is 73.2 Å². The zero-order valence-electron chi connectivity index (χ0n) is 6.61. The average molecular weight is 211 g/mol. The molecule has 1 rings (SSSR count). The van der Waals surface area contributed by atoms with Crippen LogP contribution in [0.1, 0.15) is 12.2 Å². The first kappa shape index (κ1) is 10.1. The molecule has 0 radical (unpaired) electrons. The standard InChI is InChI=1S/C5H7F2N3O2S/c1-3-4(13(8,11)12)2-10(9-3)5(6)7/h2,5H,1H3,(H2,8,11,12). The quantitative estimate of drug-likeness (QED) is 0.760. The van der Waals surface area contributed by atoms with Crippen LogP contribution in [0.15, 0.2) is 11.1 Å². The fourth-order valence-electron chi connectivity index (χ4n) is 0.844. The van der Waals surface area contributed by atoms with Crippen molar-refractivity contribution in [3.8, 4) is 0 Å². The molecule has 0 fully saturated rings. The summed E-state index contributed by atoms with van der Waals surface area (Å²) in [6, 6.07) is 0. The van der Waals surface area contributed by atoms with Gasteiger partial charge in [0.25, 0.3) is 0 Å². The van der Waals surface area contributed by atoms with Crippen LogP contribution < -0.4 is 5.14 Å². The molecule has 1 aromatic heterocycles. The Balaban J connectivity index is 3.27. The Morgan fingerprint density at radius 2 is 2.15 bits per heavy atom. The van der Waals surface area contributed by atoms with Crippen molar-refractivity contribution >= 4 is 10.0 Å². The van der Waals surface area contributed by atoms with Crippen molar-refractivity contribution in [2.45, 2.75) is 18.4 Å². The molecular formula is C5H7F2N3O2S. The second kappa shape index (κ2) is 3.04. The number of primary sulfonamides is 1. The zero-order valence-corrected chi connectivity index (χ0v) is 7.42. The van der Waals surface area contributed by atoms with Gasteiger partial charge in [0.15, 0.2) is 0 Å². The molecule has 5 nitrogen and oxygen atoms in total. The monoisotopic (exact) mass is 211 g/mol. The third-order valence-corrected chi connectivity index (χ3v) is 2.39. The van der Waals surface area contributed by atoms with Gasteiger partial charge in [0, 0.05) is 0 Å². The van der Waals surface area contributed by atoms with Crippen molar-refractivity contribution in [2.24, 2.45) is 5.14 Å². The summed E-state index contributed by atoms with van der Waals surface area (Å²) >= 11 is 0. The van der Waals surface area contributed by atoms with E-state index in [4.69, 9.17) is 5.14 Å². The van der Waals surface area contributed by atoms with Crippen LogP contribution in [0.5, 0.6) is 0 Å². The van der Waals surface area contributed by atoms with Crippen LogP contribution in [0.2, 0.25) is 0 Å². The highest BCUT2D eigenvalue weighted by atomic mass is 32.2. The van der Waals surface area contributed by atoms with Gasteiger partial charge in [-0.2, -0.15) is 13.9 Å². The smallest absolute Gasteiger partial charge is 0.225 e. The lowest BCUT2D eigenvalue weighted by molar-refractivity contribution is 0.0561. The number of nitrogens with zero attached hydrogens (tertiary/aromatic N) is 2. The SMILES string of the molecule is Cc1nn(C(F)F)cc1S(N)(=O)=O. The largest absolute Gasteiger partial charge is 0.333 e. The van der Waals surface area contributed by atoms with Crippen molar-refractivity contribution in [3.63, 3.8) is 0 Å². The Kier molecular flexibility index (Phi) is 2.35. The van der Waals surface area contributed by atoms with E-state index in [-0.39, 0.29) is 15.3 Å². The Morgan fingerprint density at radius 1 is 1.62 bits per heavy atom. The number of halogens is 2. The number of aryl methyl sites for hydroxylation is 1. The van der Waals surface area contributed by atoms with E-state index in [0.717, 1.165) is 0 Å². The molecule has 0 atom stereocenters. The van der Waals surface area contributed by atoms with Gasteiger partial charge in [0.1, 0.15) is 4.90 Å². The minimum atomic E-state index is -3.96. The molecule has 0 aliphatic heterocycles. The van der Waals surface area contributed by atoms with E-state index in [1.165, 1.54) is 6.92 Å². The van der Waals surface area contributed by atoms with Gasteiger partial charge in [0.05, 0.1) is 11.9 Å². The topological polar surface area (TPSA) is 78.0 Å². The molecule has 1 aromatic rings. The van der Waals surface area contributed by atoms with Crippen LogP contribution in [0.25, 0.3) is 0 Å². The van der Waals surface area contributed by atoms with Crippen molar-refractivity contribution in [2.75, 3.05) is 0 Å². The highest BCUT2D eigenvalue weighted by Gasteiger charge is 2.18. The van der Waals surface area contributed by atoms with Gasteiger partial charge < -0.3 is 0 Å². The molecule has 0 amide bonds. The maximum Gasteiger partial charge on any atom is 0.333 e. The van der Waals surface area contributed by atoms with Gasteiger partial charge in [-0.05, 0) is 6.92 Å². The number of alkyl halides is 2. The molecule has 0 saturated carbocycles. The van der Waals surface area contributed by atoms with Crippen LogP contribution in [0.4, 0.5) is 8.78 Å². The van der Waals surface area contributed by atoms with E-state index >= 15 is 0 Å². The molecule has 1 heterocycles. The summed E-state index contributed by atoms with van der Waals surface area (Å²) in [7, 11) is -3.96. The molecular weight excluding hydrogens is 204 g/mol. The van der Waals surface area contributed by atoms with Crippen LogP contribution in [-0.4, -0.2) is 18.2 Å². The summed E-state index contributed by atoms with van der Waals surface area (Å²) in [4.78, 5) is -0.382. The van der Waals surface area contributed by atoms with Crippen molar-refractivity contribution in [3.05, 3.63) is 11.9 Å². The van der Waals surface area contributed by atoms with Crippen molar-refractivity contribution < 1.29 is 17.2 Å². The first-order valence-corrected chi connectivity index (χ1v) is 4.73. The fraction of sp³-hybridized carbons (Fsp3) is 0.400. The highest BCUT2D eigenvalue weighted by Crippen LogP contribution is 2.16. The fourth-order valence-corrected chi connectivity index (χ4v) is 1.55. The van der Waals surface area contributed by atoms with E-state index in [1.54, 1.807) is 0 Å². The minimum Gasteiger partial charge on any atom is -0.225 e. The number of hydrogen-bond acceptors (Lipinski definition) is 3. The number of aromatic nitrogens is 2. The lowest BCUT2D eigenvalue weighted by Gasteiger charge is -1.94. The van der Waals surface area contributed by atoms with Crippen LogP contribution in [0.3, 0.4) is 0 Å².